The van der Waals surface area contributed by atoms with Gasteiger partial charge in [0, 0.05) is 31.9 Å². The summed E-state index contributed by atoms with van der Waals surface area (Å²) < 4.78 is 1.84. The van der Waals surface area contributed by atoms with Gasteiger partial charge in [-0.2, -0.15) is 5.10 Å². The fraction of sp³-hybridized carbons (Fsp3) is 0.400. The number of nitrogens with one attached hydrogen (secondary N) is 2. The molecule has 0 unspecified atom stereocenters. The van der Waals surface area contributed by atoms with Crippen molar-refractivity contribution in [3.8, 4) is 10.6 Å². The molecule has 1 aliphatic rings. The number of hydrogen-bond donors (Lipinski definition) is 2. The zero-order valence-corrected chi connectivity index (χ0v) is 19.8. The van der Waals surface area contributed by atoms with Gasteiger partial charge in [-0.15, -0.1) is 11.3 Å². The van der Waals surface area contributed by atoms with Crippen LogP contribution in [0.4, 0.5) is 0 Å². The van der Waals surface area contributed by atoms with E-state index in [1.165, 1.54) is 0 Å². The van der Waals surface area contributed by atoms with Crippen LogP contribution in [0.15, 0.2) is 54.0 Å². The van der Waals surface area contributed by atoms with Crippen LogP contribution in [0.2, 0.25) is 0 Å². The molecule has 1 saturated heterocycles. The third-order valence-corrected chi connectivity index (χ3v) is 6.69. The summed E-state index contributed by atoms with van der Waals surface area (Å²) in [6.45, 7) is 5.41. The minimum Gasteiger partial charge on any atom is -0.355 e. The van der Waals surface area contributed by atoms with Crippen molar-refractivity contribution in [2.75, 3.05) is 26.2 Å². The molecule has 3 aromatic rings. The maximum atomic E-state index is 13.2. The van der Waals surface area contributed by atoms with Gasteiger partial charge in [0.1, 0.15) is 5.69 Å². The standard InChI is InChI=1S/C25H31N5O2S/c1-2-12-26-23(31)18-29-13-10-20(11-14-29)27-25(32)21-17-30(16-19-7-4-3-5-8-19)28-24(21)22-9-6-15-33-22/h3-9,15,17,20H,2,10-14,16,18H2,1H3,(H,26,31)(H,27,32). The van der Waals surface area contributed by atoms with Crippen molar-refractivity contribution < 1.29 is 9.59 Å². The molecule has 2 aromatic heterocycles. The predicted octanol–water partition coefficient (Wildman–Crippen LogP) is 3.38. The molecule has 2 N–H and O–H groups in total. The van der Waals surface area contributed by atoms with E-state index in [-0.39, 0.29) is 17.9 Å². The van der Waals surface area contributed by atoms with Crippen LogP contribution in [0.1, 0.15) is 42.1 Å². The number of rotatable bonds is 9. The first-order valence-corrected chi connectivity index (χ1v) is 12.5. The highest BCUT2D eigenvalue weighted by Gasteiger charge is 2.25. The second-order valence-electron chi connectivity index (χ2n) is 8.43. The van der Waals surface area contributed by atoms with Gasteiger partial charge in [0.25, 0.3) is 5.91 Å². The first kappa shape index (κ1) is 23.2. The zero-order chi connectivity index (χ0) is 23.0. The lowest BCUT2D eigenvalue weighted by Crippen LogP contribution is -2.47. The highest BCUT2D eigenvalue weighted by molar-refractivity contribution is 7.13. The average molecular weight is 466 g/mol. The van der Waals surface area contributed by atoms with Gasteiger partial charge < -0.3 is 10.6 Å². The van der Waals surface area contributed by atoms with Gasteiger partial charge in [-0.1, -0.05) is 43.3 Å². The fourth-order valence-electron chi connectivity index (χ4n) is 4.06. The molecule has 4 rings (SSSR count). The van der Waals surface area contributed by atoms with Gasteiger partial charge in [-0.3, -0.25) is 19.2 Å². The maximum absolute atomic E-state index is 13.2. The molecule has 7 nitrogen and oxygen atoms in total. The Morgan fingerprint density at radius 1 is 1.12 bits per heavy atom. The minimum absolute atomic E-state index is 0.0748. The van der Waals surface area contributed by atoms with Crippen LogP contribution in [0, 0.1) is 0 Å². The number of thiophene rings is 1. The highest BCUT2D eigenvalue weighted by atomic mass is 32.1. The summed E-state index contributed by atoms with van der Waals surface area (Å²) in [6, 6.07) is 14.2. The van der Waals surface area contributed by atoms with E-state index in [4.69, 9.17) is 5.10 Å². The number of aromatic nitrogens is 2. The smallest absolute Gasteiger partial charge is 0.255 e. The molecule has 1 fully saturated rings. The van der Waals surface area contributed by atoms with Crippen LogP contribution in [0.25, 0.3) is 10.6 Å². The van der Waals surface area contributed by atoms with Crippen LogP contribution < -0.4 is 10.6 Å². The third-order valence-electron chi connectivity index (χ3n) is 5.81. The molecule has 2 amide bonds. The van der Waals surface area contributed by atoms with Gasteiger partial charge in [0.2, 0.25) is 5.91 Å². The highest BCUT2D eigenvalue weighted by Crippen LogP contribution is 2.27. The van der Waals surface area contributed by atoms with Crippen molar-refractivity contribution in [3.63, 3.8) is 0 Å². The van der Waals surface area contributed by atoms with Gasteiger partial charge >= 0.3 is 0 Å². The third kappa shape index (κ3) is 6.30. The Morgan fingerprint density at radius 3 is 2.61 bits per heavy atom. The molecule has 0 radical (unpaired) electrons. The van der Waals surface area contributed by atoms with Crippen LogP contribution >= 0.6 is 11.3 Å². The zero-order valence-electron chi connectivity index (χ0n) is 19.0. The van der Waals surface area contributed by atoms with E-state index in [0.29, 0.717) is 18.7 Å². The SMILES string of the molecule is CCCNC(=O)CN1CCC(NC(=O)c2cn(Cc3ccccc3)nc2-c2cccs2)CC1. The van der Waals surface area contributed by atoms with E-state index >= 15 is 0 Å². The number of benzene rings is 1. The van der Waals surface area contributed by atoms with E-state index in [1.54, 1.807) is 11.3 Å². The first-order valence-electron chi connectivity index (χ1n) is 11.6. The average Bonchev–Trinajstić information content (AvgIpc) is 3.50. The maximum Gasteiger partial charge on any atom is 0.255 e. The summed E-state index contributed by atoms with van der Waals surface area (Å²) in [7, 11) is 0. The predicted molar refractivity (Wildman–Crippen MR) is 131 cm³/mol. The normalized spacial score (nSPS) is 14.8. The molecule has 3 heterocycles. The molecule has 0 aliphatic carbocycles. The molecule has 174 valence electrons. The number of nitrogens with zero attached hydrogens (tertiary/aromatic N) is 3. The number of carbonyl (C=O) groups excluding carboxylic acids is 2. The lowest BCUT2D eigenvalue weighted by atomic mass is 10.0. The molecular weight excluding hydrogens is 434 g/mol. The van der Waals surface area contributed by atoms with Crippen molar-refractivity contribution in [2.24, 2.45) is 0 Å². The second-order valence-corrected chi connectivity index (χ2v) is 9.37. The fourth-order valence-corrected chi connectivity index (χ4v) is 4.78. The second kappa shape index (κ2) is 11.2. The molecule has 0 spiro atoms. The summed E-state index contributed by atoms with van der Waals surface area (Å²) in [5.41, 5.74) is 2.47. The van der Waals surface area contributed by atoms with E-state index < -0.39 is 0 Å². The molecule has 8 heteroatoms. The molecule has 1 aliphatic heterocycles. The van der Waals surface area contributed by atoms with Crippen LogP contribution in [0.3, 0.4) is 0 Å². The molecular formula is C25H31N5O2S. The van der Waals surface area contributed by atoms with Crippen molar-refractivity contribution in [1.29, 1.82) is 0 Å². The number of carbonyl (C=O) groups is 2. The Hall–Kier alpha value is -2.97. The van der Waals surface area contributed by atoms with Crippen molar-refractivity contribution >= 4 is 23.2 Å². The number of amides is 2. The van der Waals surface area contributed by atoms with Gasteiger partial charge in [-0.25, -0.2) is 0 Å². The molecule has 0 atom stereocenters. The molecule has 33 heavy (non-hydrogen) atoms. The quantitative estimate of drug-likeness (QED) is 0.508. The number of likely N-dealkylation sites (tertiary alicyclic amines) is 1. The van der Waals surface area contributed by atoms with Crippen molar-refractivity contribution in [2.45, 2.75) is 38.8 Å². The Labute approximate surface area is 198 Å². The van der Waals surface area contributed by atoms with Crippen LogP contribution in [0.5, 0.6) is 0 Å². The largest absolute Gasteiger partial charge is 0.355 e. The van der Waals surface area contributed by atoms with Crippen LogP contribution in [-0.4, -0.2) is 58.7 Å². The van der Waals surface area contributed by atoms with Gasteiger partial charge in [0.05, 0.1) is 23.5 Å². The molecule has 0 bridgehead atoms. The molecule has 1 aromatic carbocycles. The minimum atomic E-state index is -0.0862. The topological polar surface area (TPSA) is 79.3 Å². The monoisotopic (exact) mass is 465 g/mol. The van der Waals surface area contributed by atoms with Gasteiger partial charge in [-0.05, 0) is 36.3 Å². The summed E-state index contributed by atoms with van der Waals surface area (Å²) in [5.74, 6) is -0.0115. The van der Waals surface area contributed by atoms with Crippen LogP contribution in [-0.2, 0) is 11.3 Å². The van der Waals surface area contributed by atoms with Crippen molar-refractivity contribution in [1.82, 2.24) is 25.3 Å². The van der Waals surface area contributed by atoms with E-state index in [9.17, 15) is 9.59 Å². The summed E-state index contributed by atoms with van der Waals surface area (Å²) in [6.07, 6.45) is 4.46. The van der Waals surface area contributed by atoms with Crippen molar-refractivity contribution in [3.05, 3.63) is 65.2 Å². The lowest BCUT2D eigenvalue weighted by Gasteiger charge is -2.31. The van der Waals surface area contributed by atoms with E-state index in [1.807, 2.05) is 53.5 Å². The summed E-state index contributed by atoms with van der Waals surface area (Å²) in [5, 5.41) is 12.9. The number of piperidine rings is 1. The Morgan fingerprint density at radius 2 is 1.91 bits per heavy atom. The Kier molecular flexibility index (Phi) is 7.91. The van der Waals surface area contributed by atoms with E-state index in [2.05, 4.69) is 27.7 Å². The van der Waals surface area contributed by atoms with E-state index in [0.717, 1.165) is 55.0 Å². The Bertz CT molecular complexity index is 1040. The summed E-state index contributed by atoms with van der Waals surface area (Å²) in [4.78, 5) is 28.3. The lowest BCUT2D eigenvalue weighted by molar-refractivity contribution is -0.122. The Balaban J connectivity index is 1.39. The summed E-state index contributed by atoms with van der Waals surface area (Å²) >= 11 is 1.58. The first-order chi connectivity index (χ1) is 16.1. The number of hydrogen-bond acceptors (Lipinski definition) is 5. The van der Waals surface area contributed by atoms with Gasteiger partial charge in [0.15, 0.2) is 0 Å². The molecule has 0 saturated carbocycles.